The molecule has 2 aromatic rings. The van der Waals surface area contributed by atoms with Gasteiger partial charge in [-0.15, -0.1) is 0 Å². The summed E-state index contributed by atoms with van der Waals surface area (Å²) < 4.78 is 5.33. The molecule has 3 amide bonds. The Morgan fingerprint density at radius 3 is 2.59 bits per heavy atom. The summed E-state index contributed by atoms with van der Waals surface area (Å²) in [5.41, 5.74) is 1.51. The van der Waals surface area contributed by atoms with Crippen LogP contribution in [0.2, 0.25) is 0 Å². The molecule has 34 heavy (non-hydrogen) atoms. The number of hydrogen-bond donors (Lipinski definition) is 3. The van der Waals surface area contributed by atoms with Crippen LogP contribution in [-0.2, 0) is 26.3 Å². The van der Waals surface area contributed by atoms with E-state index in [1.54, 1.807) is 4.90 Å². The molecule has 0 radical (unpaired) electrons. The highest BCUT2D eigenvalue weighted by molar-refractivity contribution is 6.07. The smallest absolute Gasteiger partial charge is 0.408 e. The molecule has 0 aromatic heterocycles. The minimum atomic E-state index is -0.907. The lowest BCUT2D eigenvalue weighted by atomic mass is 9.79. The molecule has 0 aliphatic carbocycles. The molecule has 3 atom stereocenters. The van der Waals surface area contributed by atoms with E-state index in [9.17, 15) is 19.5 Å². The fraction of sp³-hybridized carbons (Fsp3) is 0.423. The first kappa shape index (κ1) is 23.8. The number of para-hydroxylation sites is 1. The van der Waals surface area contributed by atoms with Crippen molar-refractivity contribution >= 4 is 23.6 Å². The van der Waals surface area contributed by atoms with Crippen LogP contribution in [0.15, 0.2) is 54.6 Å². The summed E-state index contributed by atoms with van der Waals surface area (Å²) in [6.45, 7) is 3.91. The van der Waals surface area contributed by atoms with Gasteiger partial charge in [0, 0.05) is 12.2 Å². The van der Waals surface area contributed by atoms with Crippen LogP contribution in [0, 0.1) is 5.92 Å². The van der Waals surface area contributed by atoms with Crippen molar-refractivity contribution in [3.63, 3.8) is 0 Å². The number of hydrogen-bond acceptors (Lipinski definition) is 5. The lowest BCUT2D eigenvalue weighted by Crippen LogP contribution is -2.52. The van der Waals surface area contributed by atoms with E-state index in [1.807, 2.05) is 68.4 Å². The molecule has 4 rings (SSSR count). The third-order valence-corrected chi connectivity index (χ3v) is 6.59. The van der Waals surface area contributed by atoms with Crippen molar-refractivity contribution in [2.24, 2.45) is 5.92 Å². The lowest BCUT2D eigenvalue weighted by molar-refractivity contribution is -0.135. The monoisotopic (exact) mass is 465 g/mol. The highest BCUT2D eigenvalue weighted by Gasteiger charge is 2.56. The van der Waals surface area contributed by atoms with Crippen LogP contribution in [0.5, 0.6) is 0 Å². The van der Waals surface area contributed by atoms with Crippen molar-refractivity contribution < 1.29 is 24.2 Å². The summed E-state index contributed by atoms with van der Waals surface area (Å²) in [7, 11) is 0. The van der Waals surface area contributed by atoms with Crippen molar-refractivity contribution in [1.82, 2.24) is 10.2 Å². The lowest BCUT2D eigenvalue weighted by Gasteiger charge is -2.29. The molecule has 2 aliphatic heterocycles. The van der Waals surface area contributed by atoms with Crippen molar-refractivity contribution in [2.45, 2.75) is 50.8 Å². The van der Waals surface area contributed by atoms with Gasteiger partial charge < -0.3 is 25.4 Å². The third kappa shape index (κ3) is 4.63. The largest absolute Gasteiger partial charge is 0.445 e. The Balaban J connectivity index is 1.50. The molecular formula is C26H31N3O5. The fourth-order valence-corrected chi connectivity index (χ4v) is 4.95. The molecule has 180 valence electrons. The first-order valence-corrected chi connectivity index (χ1v) is 11.6. The molecule has 1 fully saturated rings. The van der Waals surface area contributed by atoms with Gasteiger partial charge in [0.25, 0.3) is 0 Å². The van der Waals surface area contributed by atoms with Crippen LogP contribution in [0.3, 0.4) is 0 Å². The minimum absolute atomic E-state index is 0.0955. The SMILES string of the molecule is CC(C)C[C@H](NC(=O)OCc1ccccc1)C(=O)N1C[C@]2(C[C@H]1CO)C(=O)Nc1ccccc12. The zero-order chi connectivity index (χ0) is 24.3. The number of anilines is 1. The van der Waals surface area contributed by atoms with E-state index in [4.69, 9.17) is 4.74 Å². The van der Waals surface area contributed by atoms with Crippen LogP contribution in [0.1, 0.15) is 37.8 Å². The van der Waals surface area contributed by atoms with Gasteiger partial charge >= 0.3 is 6.09 Å². The number of likely N-dealkylation sites (tertiary alicyclic amines) is 1. The van der Waals surface area contributed by atoms with Crippen LogP contribution in [0.25, 0.3) is 0 Å². The van der Waals surface area contributed by atoms with Crippen LogP contribution >= 0.6 is 0 Å². The molecular weight excluding hydrogens is 434 g/mol. The number of amides is 3. The molecule has 2 heterocycles. The Morgan fingerprint density at radius 2 is 1.88 bits per heavy atom. The van der Waals surface area contributed by atoms with Crippen LogP contribution in [-0.4, -0.2) is 53.1 Å². The molecule has 2 aromatic carbocycles. The second kappa shape index (κ2) is 9.85. The Hall–Kier alpha value is -3.39. The average molecular weight is 466 g/mol. The van der Waals surface area contributed by atoms with Gasteiger partial charge in [-0.05, 0) is 36.0 Å². The summed E-state index contributed by atoms with van der Waals surface area (Å²) in [6, 6.07) is 15.4. The molecule has 1 spiro atoms. The summed E-state index contributed by atoms with van der Waals surface area (Å²) in [4.78, 5) is 40.7. The van der Waals surface area contributed by atoms with E-state index in [-0.39, 0.29) is 37.5 Å². The van der Waals surface area contributed by atoms with E-state index in [1.165, 1.54) is 0 Å². The van der Waals surface area contributed by atoms with Gasteiger partial charge in [0.05, 0.1) is 18.1 Å². The number of aliphatic hydroxyl groups is 1. The second-order valence-electron chi connectivity index (χ2n) is 9.48. The number of aliphatic hydroxyl groups excluding tert-OH is 1. The first-order chi connectivity index (χ1) is 16.3. The molecule has 0 bridgehead atoms. The highest BCUT2D eigenvalue weighted by Crippen LogP contribution is 2.46. The molecule has 0 saturated carbocycles. The highest BCUT2D eigenvalue weighted by atomic mass is 16.5. The summed E-state index contributed by atoms with van der Waals surface area (Å²) in [5.74, 6) is -0.362. The maximum atomic E-state index is 13.6. The van der Waals surface area contributed by atoms with Crippen molar-refractivity contribution in [2.75, 3.05) is 18.5 Å². The third-order valence-electron chi connectivity index (χ3n) is 6.59. The van der Waals surface area contributed by atoms with E-state index in [0.29, 0.717) is 12.8 Å². The van der Waals surface area contributed by atoms with Crippen molar-refractivity contribution in [1.29, 1.82) is 0 Å². The van der Waals surface area contributed by atoms with E-state index in [0.717, 1.165) is 16.8 Å². The molecule has 0 unspecified atom stereocenters. The van der Waals surface area contributed by atoms with Crippen LogP contribution < -0.4 is 10.6 Å². The van der Waals surface area contributed by atoms with Crippen molar-refractivity contribution in [3.8, 4) is 0 Å². The number of fused-ring (bicyclic) bond motifs is 2. The minimum Gasteiger partial charge on any atom is -0.445 e. The molecule has 3 N–H and O–H groups in total. The average Bonchev–Trinajstić information content (AvgIpc) is 3.35. The number of nitrogens with zero attached hydrogens (tertiary/aromatic N) is 1. The quantitative estimate of drug-likeness (QED) is 0.583. The number of carbonyl (C=O) groups is 3. The number of benzene rings is 2. The number of carbonyl (C=O) groups excluding carboxylic acids is 3. The first-order valence-electron chi connectivity index (χ1n) is 11.6. The fourth-order valence-electron chi connectivity index (χ4n) is 4.95. The summed E-state index contributed by atoms with van der Waals surface area (Å²) in [6.07, 6.45) is 0.0514. The van der Waals surface area contributed by atoms with E-state index < -0.39 is 23.6 Å². The van der Waals surface area contributed by atoms with Gasteiger partial charge in [-0.3, -0.25) is 9.59 Å². The van der Waals surface area contributed by atoms with Gasteiger partial charge in [-0.2, -0.15) is 0 Å². The molecule has 8 heteroatoms. The Kier molecular flexibility index (Phi) is 6.88. The Bertz CT molecular complexity index is 1060. The molecule has 2 aliphatic rings. The number of ether oxygens (including phenoxy) is 1. The van der Waals surface area contributed by atoms with Crippen molar-refractivity contribution in [3.05, 3.63) is 65.7 Å². The topological polar surface area (TPSA) is 108 Å². The predicted octanol–water partition coefficient (Wildman–Crippen LogP) is 2.81. The zero-order valence-electron chi connectivity index (χ0n) is 19.5. The Labute approximate surface area is 199 Å². The van der Waals surface area contributed by atoms with Gasteiger partial charge in [-0.25, -0.2) is 4.79 Å². The maximum absolute atomic E-state index is 13.6. The number of rotatable bonds is 7. The maximum Gasteiger partial charge on any atom is 0.408 e. The van der Waals surface area contributed by atoms with Gasteiger partial charge in [0.15, 0.2) is 0 Å². The number of alkyl carbamates (subject to hydrolysis) is 1. The molecule has 8 nitrogen and oxygen atoms in total. The molecule has 1 saturated heterocycles. The zero-order valence-corrected chi connectivity index (χ0v) is 19.5. The van der Waals surface area contributed by atoms with E-state index in [2.05, 4.69) is 10.6 Å². The summed E-state index contributed by atoms with van der Waals surface area (Å²) in [5, 5.41) is 15.7. The van der Waals surface area contributed by atoms with Gasteiger partial charge in [0.2, 0.25) is 11.8 Å². The van der Waals surface area contributed by atoms with Gasteiger partial charge in [0.1, 0.15) is 12.6 Å². The van der Waals surface area contributed by atoms with Crippen LogP contribution in [0.4, 0.5) is 10.5 Å². The summed E-state index contributed by atoms with van der Waals surface area (Å²) >= 11 is 0. The van der Waals surface area contributed by atoms with E-state index >= 15 is 0 Å². The normalized spacial score (nSPS) is 21.9. The predicted molar refractivity (Wildman–Crippen MR) is 127 cm³/mol. The second-order valence-corrected chi connectivity index (χ2v) is 9.48. The number of nitrogens with one attached hydrogen (secondary N) is 2. The van der Waals surface area contributed by atoms with Gasteiger partial charge in [-0.1, -0.05) is 62.4 Å². The Morgan fingerprint density at radius 1 is 1.18 bits per heavy atom. The standard InChI is InChI=1S/C26H31N3O5/c1-17(2)12-22(28-25(33)34-15-18-8-4-3-5-9-18)23(31)29-16-26(13-19(29)14-30)20-10-6-7-11-21(20)27-24(26)32/h3-11,17,19,22,30H,12-16H2,1-2H3,(H,27,32)(H,28,33)/t19-,22-,26-/m0/s1.